The largest absolute Gasteiger partial charge is 0.455 e. The molecule has 0 fully saturated rings. The normalized spacial score (nSPS) is 9.61. The molecule has 1 aromatic carbocycles. The first-order valence-electron chi connectivity index (χ1n) is 4.96. The standard InChI is InChI=1S/C11H11ClN2O4/c12-8-3-1-7(2-4-8)5-10(16)18-6-9(15)14-11(13)17/h1-4H,5-6H2,(H3,13,14,15,17). The maximum absolute atomic E-state index is 11.3. The van der Waals surface area contributed by atoms with E-state index < -0.39 is 24.5 Å². The topological polar surface area (TPSA) is 98.5 Å². The van der Waals surface area contributed by atoms with Crippen LogP contribution in [0, 0.1) is 0 Å². The van der Waals surface area contributed by atoms with Gasteiger partial charge in [0.25, 0.3) is 5.91 Å². The Morgan fingerprint density at radius 2 is 1.83 bits per heavy atom. The van der Waals surface area contributed by atoms with Crippen LogP contribution in [0.4, 0.5) is 4.79 Å². The zero-order valence-electron chi connectivity index (χ0n) is 9.31. The molecule has 1 aromatic rings. The van der Waals surface area contributed by atoms with E-state index in [1.807, 2.05) is 0 Å². The van der Waals surface area contributed by atoms with Crippen LogP contribution in [0.1, 0.15) is 5.56 Å². The summed E-state index contributed by atoms with van der Waals surface area (Å²) in [7, 11) is 0. The number of amides is 3. The molecule has 0 heterocycles. The van der Waals surface area contributed by atoms with Crippen LogP contribution < -0.4 is 11.1 Å². The number of ether oxygens (including phenoxy) is 1. The number of rotatable bonds is 4. The number of hydrogen-bond donors (Lipinski definition) is 2. The van der Waals surface area contributed by atoms with Crippen LogP contribution in [0.25, 0.3) is 0 Å². The van der Waals surface area contributed by atoms with E-state index in [-0.39, 0.29) is 6.42 Å². The first kappa shape index (κ1) is 14.0. The molecule has 0 aliphatic heterocycles. The molecule has 0 radical (unpaired) electrons. The van der Waals surface area contributed by atoms with Crippen molar-refractivity contribution in [3.05, 3.63) is 34.9 Å². The number of nitrogens with one attached hydrogen (secondary N) is 1. The second kappa shape index (κ2) is 6.61. The molecular formula is C11H11ClN2O4. The fourth-order valence-corrected chi connectivity index (χ4v) is 1.27. The Morgan fingerprint density at radius 3 is 2.39 bits per heavy atom. The monoisotopic (exact) mass is 270 g/mol. The van der Waals surface area contributed by atoms with Crippen LogP contribution in [0.5, 0.6) is 0 Å². The highest BCUT2D eigenvalue weighted by atomic mass is 35.5. The van der Waals surface area contributed by atoms with Crippen molar-refractivity contribution in [1.82, 2.24) is 5.32 Å². The molecule has 3 amide bonds. The van der Waals surface area contributed by atoms with Gasteiger partial charge in [-0.15, -0.1) is 0 Å². The summed E-state index contributed by atoms with van der Waals surface area (Å²) < 4.78 is 4.65. The molecule has 0 unspecified atom stereocenters. The summed E-state index contributed by atoms with van der Waals surface area (Å²) in [6.07, 6.45) is 0.0149. The van der Waals surface area contributed by atoms with E-state index in [1.165, 1.54) is 0 Å². The summed E-state index contributed by atoms with van der Waals surface area (Å²) in [6.45, 7) is -0.546. The minimum atomic E-state index is -0.992. The summed E-state index contributed by atoms with van der Waals surface area (Å²) in [5.74, 6) is -1.36. The van der Waals surface area contributed by atoms with Gasteiger partial charge in [0.2, 0.25) is 0 Å². The van der Waals surface area contributed by atoms with E-state index in [2.05, 4.69) is 4.74 Å². The third-order valence-electron chi connectivity index (χ3n) is 1.89. The van der Waals surface area contributed by atoms with Gasteiger partial charge in [-0.05, 0) is 17.7 Å². The molecule has 0 aliphatic rings. The van der Waals surface area contributed by atoms with E-state index in [9.17, 15) is 14.4 Å². The van der Waals surface area contributed by atoms with Crippen LogP contribution >= 0.6 is 11.6 Å². The van der Waals surface area contributed by atoms with Crippen molar-refractivity contribution in [2.45, 2.75) is 6.42 Å². The molecule has 0 bridgehead atoms. The number of carbonyl (C=O) groups is 3. The fourth-order valence-electron chi connectivity index (χ4n) is 1.14. The first-order chi connectivity index (χ1) is 8.47. The molecule has 0 spiro atoms. The van der Waals surface area contributed by atoms with Gasteiger partial charge >= 0.3 is 12.0 Å². The molecule has 0 aromatic heterocycles. The number of benzene rings is 1. The predicted molar refractivity (Wildman–Crippen MR) is 63.8 cm³/mol. The van der Waals surface area contributed by atoms with Crippen LogP contribution in [-0.4, -0.2) is 24.5 Å². The Labute approximate surface area is 108 Å². The molecule has 6 nitrogen and oxygen atoms in total. The van der Waals surface area contributed by atoms with Gasteiger partial charge in [0.1, 0.15) is 0 Å². The van der Waals surface area contributed by atoms with E-state index in [4.69, 9.17) is 17.3 Å². The van der Waals surface area contributed by atoms with Crippen molar-refractivity contribution in [2.24, 2.45) is 5.73 Å². The van der Waals surface area contributed by atoms with E-state index >= 15 is 0 Å². The number of hydrogen-bond acceptors (Lipinski definition) is 4. The van der Waals surface area contributed by atoms with Gasteiger partial charge in [0.15, 0.2) is 6.61 Å². The van der Waals surface area contributed by atoms with Crippen molar-refractivity contribution in [3.8, 4) is 0 Å². The summed E-state index contributed by atoms with van der Waals surface area (Å²) in [5.41, 5.74) is 5.42. The third kappa shape index (κ3) is 5.31. The lowest BCUT2D eigenvalue weighted by Gasteiger charge is -2.04. The summed E-state index contributed by atoms with van der Waals surface area (Å²) in [5, 5.41) is 2.34. The highest BCUT2D eigenvalue weighted by molar-refractivity contribution is 6.30. The van der Waals surface area contributed by atoms with Gasteiger partial charge in [0.05, 0.1) is 6.42 Å². The molecule has 0 atom stereocenters. The highest BCUT2D eigenvalue weighted by Gasteiger charge is 2.09. The van der Waals surface area contributed by atoms with Gasteiger partial charge in [0, 0.05) is 5.02 Å². The average molecular weight is 271 g/mol. The molecular weight excluding hydrogens is 260 g/mol. The van der Waals surface area contributed by atoms with Crippen LogP contribution in [0.3, 0.4) is 0 Å². The number of primary amides is 1. The number of nitrogens with two attached hydrogens (primary N) is 1. The molecule has 3 N–H and O–H groups in total. The van der Waals surface area contributed by atoms with Crippen LogP contribution in [0.2, 0.25) is 5.02 Å². The maximum atomic E-state index is 11.3. The van der Waals surface area contributed by atoms with E-state index in [0.29, 0.717) is 10.6 Å². The molecule has 0 saturated heterocycles. The van der Waals surface area contributed by atoms with Crippen molar-refractivity contribution in [1.29, 1.82) is 0 Å². The Hall–Kier alpha value is -2.08. The lowest BCUT2D eigenvalue weighted by atomic mass is 10.1. The van der Waals surface area contributed by atoms with Gasteiger partial charge in [-0.2, -0.15) is 0 Å². The summed E-state index contributed by atoms with van der Waals surface area (Å²) in [4.78, 5) is 32.6. The summed E-state index contributed by atoms with van der Waals surface area (Å²) >= 11 is 5.69. The van der Waals surface area contributed by atoms with E-state index in [1.54, 1.807) is 29.6 Å². The van der Waals surface area contributed by atoms with Crippen molar-refractivity contribution in [2.75, 3.05) is 6.61 Å². The number of imide groups is 1. The van der Waals surface area contributed by atoms with Crippen LogP contribution in [0.15, 0.2) is 24.3 Å². The SMILES string of the molecule is NC(=O)NC(=O)COC(=O)Cc1ccc(Cl)cc1. The molecule has 0 aliphatic carbocycles. The molecule has 18 heavy (non-hydrogen) atoms. The van der Waals surface area contributed by atoms with Crippen LogP contribution in [-0.2, 0) is 20.7 Å². The minimum Gasteiger partial charge on any atom is -0.455 e. The summed E-state index contributed by atoms with van der Waals surface area (Å²) in [6, 6.07) is 5.64. The number of halogens is 1. The molecule has 96 valence electrons. The Bertz CT molecular complexity index is 459. The molecule has 1 rings (SSSR count). The second-order valence-corrected chi connectivity index (χ2v) is 3.81. The van der Waals surface area contributed by atoms with Crippen molar-refractivity contribution < 1.29 is 19.1 Å². The van der Waals surface area contributed by atoms with Crippen molar-refractivity contribution >= 4 is 29.5 Å². The quantitative estimate of drug-likeness (QED) is 0.784. The fraction of sp³-hybridized carbons (Fsp3) is 0.182. The Balaban J connectivity index is 2.36. The number of carbonyl (C=O) groups excluding carboxylic acids is 3. The maximum Gasteiger partial charge on any atom is 0.318 e. The van der Waals surface area contributed by atoms with E-state index in [0.717, 1.165) is 0 Å². The minimum absolute atomic E-state index is 0.0149. The zero-order valence-corrected chi connectivity index (χ0v) is 10.1. The Kier molecular flexibility index (Phi) is 5.13. The zero-order chi connectivity index (χ0) is 13.5. The third-order valence-corrected chi connectivity index (χ3v) is 2.14. The van der Waals surface area contributed by atoms with Gasteiger partial charge in [-0.25, -0.2) is 4.79 Å². The predicted octanol–water partition coefficient (Wildman–Crippen LogP) is 0.621. The smallest absolute Gasteiger partial charge is 0.318 e. The van der Waals surface area contributed by atoms with Gasteiger partial charge in [-0.3, -0.25) is 14.9 Å². The number of esters is 1. The molecule has 0 saturated carbocycles. The lowest BCUT2D eigenvalue weighted by Crippen LogP contribution is -2.37. The number of urea groups is 1. The average Bonchev–Trinajstić information content (AvgIpc) is 2.29. The Morgan fingerprint density at radius 1 is 1.22 bits per heavy atom. The molecule has 7 heteroatoms. The van der Waals surface area contributed by atoms with Gasteiger partial charge < -0.3 is 10.5 Å². The van der Waals surface area contributed by atoms with Gasteiger partial charge in [-0.1, -0.05) is 23.7 Å². The first-order valence-corrected chi connectivity index (χ1v) is 5.34. The highest BCUT2D eigenvalue weighted by Crippen LogP contribution is 2.10. The second-order valence-electron chi connectivity index (χ2n) is 3.38. The lowest BCUT2D eigenvalue weighted by molar-refractivity contribution is -0.147. The van der Waals surface area contributed by atoms with Crippen molar-refractivity contribution in [3.63, 3.8) is 0 Å².